The molecule has 1 aliphatic carbocycles. The summed E-state index contributed by atoms with van der Waals surface area (Å²) in [4.78, 5) is 0. The third kappa shape index (κ3) is 7.50. The molecule has 242 valence electrons. The monoisotopic (exact) mass is 656 g/mol. The van der Waals surface area contributed by atoms with Crippen molar-refractivity contribution in [2.75, 3.05) is 0 Å². The number of rotatable bonds is 8. The molecule has 5 aromatic rings. The average Bonchev–Trinajstić information content (AvgIpc) is 3.45. The smallest absolute Gasteiger partial charge is 0.0830 e. The van der Waals surface area contributed by atoms with Crippen molar-refractivity contribution in [1.29, 1.82) is 0 Å². The van der Waals surface area contributed by atoms with Gasteiger partial charge in [0.1, 0.15) is 0 Å². The highest BCUT2D eigenvalue weighted by molar-refractivity contribution is 7.80. The van der Waals surface area contributed by atoms with E-state index in [0.717, 1.165) is 24.8 Å². The molecule has 6 rings (SSSR count). The molecule has 0 radical (unpaired) electrons. The van der Waals surface area contributed by atoms with Gasteiger partial charge in [0.2, 0.25) is 0 Å². The zero-order chi connectivity index (χ0) is 33.4. The lowest BCUT2D eigenvalue weighted by Crippen LogP contribution is -2.32. The van der Waals surface area contributed by atoms with Crippen LogP contribution in [0.15, 0.2) is 97.1 Å². The highest BCUT2D eigenvalue weighted by atomic mass is 31.1. The van der Waals surface area contributed by atoms with E-state index in [1.54, 1.807) is 0 Å². The number of aliphatic hydroxyl groups is 1. The molecule has 0 heterocycles. The molecular weight excluding hydrogens is 606 g/mol. The van der Waals surface area contributed by atoms with Gasteiger partial charge in [-0.1, -0.05) is 148 Å². The quantitative estimate of drug-likeness (QED) is 0.165. The lowest BCUT2D eigenvalue weighted by atomic mass is 9.94. The van der Waals surface area contributed by atoms with Crippen molar-refractivity contribution >= 4 is 42.4 Å². The Labute approximate surface area is 286 Å². The fourth-order valence-electron chi connectivity index (χ4n) is 8.13. The van der Waals surface area contributed by atoms with Crippen molar-refractivity contribution in [3.05, 3.63) is 147 Å². The maximum atomic E-state index is 12.7. The number of hydrogen-bond acceptors (Lipinski definition) is 1. The second-order valence-corrected chi connectivity index (χ2v) is 18.9. The molecule has 1 nitrogen and oxygen atoms in total. The van der Waals surface area contributed by atoms with Crippen molar-refractivity contribution in [3.8, 4) is 0 Å². The minimum atomic E-state index is -0.868. The molecule has 0 spiro atoms. The predicted octanol–water partition coefficient (Wildman–Crippen LogP) is 9.25. The van der Waals surface area contributed by atoms with Gasteiger partial charge in [-0.05, 0) is 128 Å². The van der Waals surface area contributed by atoms with Crippen LogP contribution in [0.25, 0.3) is 0 Å². The van der Waals surface area contributed by atoms with E-state index in [9.17, 15) is 5.11 Å². The van der Waals surface area contributed by atoms with Crippen LogP contribution in [0.1, 0.15) is 75.4 Å². The van der Waals surface area contributed by atoms with Crippen molar-refractivity contribution < 1.29 is 5.11 Å². The highest BCUT2D eigenvalue weighted by Crippen LogP contribution is 2.54. The summed E-state index contributed by atoms with van der Waals surface area (Å²) in [5.74, 6) is 0.194. The summed E-state index contributed by atoms with van der Waals surface area (Å²) in [5.41, 5.74) is 12.0. The van der Waals surface area contributed by atoms with E-state index < -0.39 is 21.9 Å². The van der Waals surface area contributed by atoms with Crippen molar-refractivity contribution in [1.82, 2.24) is 0 Å². The number of benzene rings is 5. The van der Waals surface area contributed by atoms with E-state index >= 15 is 0 Å². The molecule has 1 saturated carbocycles. The minimum Gasteiger partial charge on any atom is -0.388 e. The first-order chi connectivity index (χ1) is 22.5. The molecule has 0 aromatic heterocycles. The zero-order valence-corrected chi connectivity index (χ0v) is 31.2. The SMILES string of the molecule is Cc1cc(C)cc(P(c2cc(C)cc(C)c2)c2ccccc2C(O)C2CCCC2P(c2cc(C)cc(C)c2)c2cc(C)cc(C)c2)c1. The molecule has 1 fully saturated rings. The summed E-state index contributed by atoms with van der Waals surface area (Å²) < 4.78 is 0. The summed E-state index contributed by atoms with van der Waals surface area (Å²) in [6, 6.07) is 37.1. The number of aliphatic hydroxyl groups excluding tert-OH is 1. The summed E-state index contributed by atoms with van der Waals surface area (Å²) in [6.07, 6.45) is 2.84. The van der Waals surface area contributed by atoms with Crippen LogP contribution < -0.4 is 26.5 Å². The van der Waals surface area contributed by atoms with Crippen LogP contribution in [0.3, 0.4) is 0 Å². The molecule has 0 bridgehead atoms. The lowest BCUT2D eigenvalue weighted by Gasteiger charge is -2.35. The first kappa shape index (κ1) is 33.8. The van der Waals surface area contributed by atoms with Crippen molar-refractivity contribution in [3.63, 3.8) is 0 Å². The van der Waals surface area contributed by atoms with E-state index in [0.29, 0.717) is 5.66 Å². The van der Waals surface area contributed by atoms with E-state index in [4.69, 9.17) is 0 Å². The van der Waals surface area contributed by atoms with E-state index in [-0.39, 0.29) is 5.92 Å². The third-order valence-electron chi connectivity index (χ3n) is 9.66. The molecule has 3 unspecified atom stereocenters. The second kappa shape index (κ2) is 14.2. The van der Waals surface area contributed by atoms with E-state index in [2.05, 4.69) is 152 Å². The molecular formula is C44H50OP2. The molecule has 5 aromatic carbocycles. The van der Waals surface area contributed by atoms with Crippen LogP contribution in [-0.2, 0) is 0 Å². The minimum absolute atomic E-state index is 0.194. The molecule has 3 atom stereocenters. The summed E-state index contributed by atoms with van der Waals surface area (Å²) in [7, 11) is -1.53. The third-order valence-corrected chi connectivity index (χ3v) is 15.0. The highest BCUT2D eigenvalue weighted by Gasteiger charge is 2.41. The summed E-state index contributed by atoms with van der Waals surface area (Å²) in [5, 5.41) is 19.6. The Morgan fingerprint density at radius 3 is 1.32 bits per heavy atom. The van der Waals surface area contributed by atoms with Crippen LogP contribution in [0.2, 0.25) is 0 Å². The standard InChI is InChI=1S/C44H50OP2/c1-28-16-29(2)21-36(20-28)46(37-22-30(3)17-31(4)23-37)42-14-10-9-12-40(42)44(45)41-13-11-15-43(41)47(38-24-32(5)18-33(6)25-38)39-26-34(7)19-35(8)27-39/h9-10,12,14,16-27,41,43-45H,11,13,15H2,1-8H3. The first-order valence-corrected chi connectivity index (χ1v) is 19.9. The first-order valence-electron chi connectivity index (χ1n) is 17.2. The Morgan fingerprint density at radius 1 is 0.511 bits per heavy atom. The van der Waals surface area contributed by atoms with Gasteiger partial charge in [0.25, 0.3) is 0 Å². The van der Waals surface area contributed by atoms with Gasteiger partial charge in [-0.3, -0.25) is 0 Å². The number of aryl methyl sites for hydroxylation is 8. The molecule has 47 heavy (non-hydrogen) atoms. The molecule has 1 aliphatic rings. The number of hydrogen-bond donors (Lipinski definition) is 1. The largest absolute Gasteiger partial charge is 0.388 e. The maximum Gasteiger partial charge on any atom is 0.0830 e. The zero-order valence-electron chi connectivity index (χ0n) is 29.4. The van der Waals surface area contributed by atoms with Crippen molar-refractivity contribution in [2.45, 2.75) is 86.4 Å². The van der Waals surface area contributed by atoms with Gasteiger partial charge in [-0.2, -0.15) is 0 Å². The van der Waals surface area contributed by atoms with Crippen LogP contribution in [0.5, 0.6) is 0 Å². The average molecular weight is 657 g/mol. The maximum absolute atomic E-state index is 12.7. The fourth-order valence-corrected chi connectivity index (χ4v) is 14.6. The molecule has 3 heteroatoms. The van der Waals surface area contributed by atoms with Gasteiger partial charge < -0.3 is 5.11 Å². The molecule has 0 aliphatic heterocycles. The molecule has 0 saturated heterocycles. The van der Waals surface area contributed by atoms with Gasteiger partial charge in [0, 0.05) is 0 Å². The lowest BCUT2D eigenvalue weighted by molar-refractivity contribution is 0.114. The Bertz CT molecular complexity index is 1720. The van der Waals surface area contributed by atoms with Gasteiger partial charge >= 0.3 is 0 Å². The summed E-state index contributed by atoms with van der Waals surface area (Å²) in [6.45, 7) is 17.7. The Hall–Kier alpha value is -3.08. The van der Waals surface area contributed by atoms with E-state index in [1.165, 1.54) is 71.0 Å². The molecule has 1 N–H and O–H groups in total. The van der Waals surface area contributed by atoms with E-state index in [1.807, 2.05) is 0 Å². The van der Waals surface area contributed by atoms with Crippen molar-refractivity contribution in [2.24, 2.45) is 5.92 Å². The fraction of sp³-hybridized carbons (Fsp3) is 0.318. The van der Waals surface area contributed by atoms with Gasteiger partial charge in [-0.25, -0.2) is 0 Å². The van der Waals surface area contributed by atoms with Gasteiger partial charge in [0.05, 0.1) is 6.10 Å². The Balaban J connectivity index is 1.48. The Morgan fingerprint density at radius 2 is 0.894 bits per heavy atom. The van der Waals surface area contributed by atoms with Crippen LogP contribution in [0, 0.1) is 61.3 Å². The van der Waals surface area contributed by atoms with Gasteiger partial charge in [-0.15, -0.1) is 0 Å². The normalized spacial score (nSPS) is 17.1. The van der Waals surface area contributed by atoms with Crippen LogP contribution >= 0.6 is 15.8 Å². The topological polar surface area (TPSA) is 20.2 Å². The van der Waals surface area contributed by atoms with Gasteiger partial charge in [0.15, 0.2) is 0 Å². The predicted molar refractivity (Wildman–Crippen MR) is 208 cm³/mol. The Kier molecular flexibility index (Phi) is 10.2. The van der Waals surface area contributed by atoms with Crippen LogP contribution in [-0.4, -0.2) is 10.8 Å². The summed E-state index contributed by atoms with van der Waals surface area (Å²) >= 11 is 0. The second-order valence-electron chi connectivity index (χ2n) is 14.3. The van der Waals surface area contributed by atoms with Crippen LogP contribution in [0.4, 0.5) is 0 Å². The molecule has 0 amide bonds.